The van der Waals surface area contributed by atoms with Gasteiger partial charge in [-0.3, -0.25) is 14.4 Å². The highest BCUT2D eigenvalue weighted by atomic mass is 16.2. The van der Waals surface area contributed by atoms with Gasteiger partial charge in [-0.25, -0.2) is 0 Å². The molecule has 0 aromatic rings. The van der Waals surface area contributed by atoms with Crippen molar-refractivity contribution in [3.63, 3.8) is 0 Å². The Labute approximate surface area is 209 Å². The Morgan fingerprint density at radius 1 is 0.571 bits per heavy atom. The first-order chi connectivity index (χ1) is 16.9. The zero-order valence-corrected chi connectivity index (χ0v) is 21.0. The van der Waals surface area contributed by atoms with Gasteiger partial charge in [0, 0.05) is 104 Å². The summed E-state index contributed by atoms with van der Waals surface area (Å²) in [6.07, 6.45) is 2.06. The van der Waals surface area contributed by atoms with Gasteiger partial charge in [0.05, 0.1) is 6.67 Å². The Morgan fingerprint density at radius 3 is 1.31 bits per heavy atom. The lowest BCUT2D eigenvalue weighted by Crippen LogP contribution is -2.41. The van der Waals surface area contributed by atoms with Gasteiger partial charge in [0.15, 0.2) is 0 Å². The van der Waals surface area contributed by atoms with E-state index in [1.54, 1.807) is 0 Å². The van der Waals surface area contributed by atoms with Crippen LogP contribution in [0.1, 0.15) is 25.7 Å². The van der Waals surface area contributed by atoms with Crippen LogP contribution >= 0.6 is 0 Å². The molecule has 0 atom stereocenters. The molecule has 14 nitrogen and oxygen atoms in total. The van der Waals surface area contributed by atoms with E-state index in [0.29, 0.717) is 91.4 Å². The van der Waals surface area contributed by atoms with Crippen molar-refractivity contribution in [1.29, 1.82) is 0 Å². The van der Waals surface area contributed by atoms with Gasteiger partial charge < -0.3 is 59.2 Å². The number of rotatable bonds is 21. The molecule has 0 heterocycles. The van der Waals surface area contributed by atoms with Crippen molar-refractivity contribution in [3.8, 4) is 0 Å². The standard InChI is InChI=1S/C19H40N8O4.C2H8N2/c20-5-7-23-17(29)2-10-26(9-1-15-28)13-14-27(12-4-19(31)25-16-22)11-3-18(30)24-8-6-21;3-1-2-4/h15H,1-14,16,20-22H2,(H,23,29)(H,24,30)(H,25,31);1-4H2. The van der Waals surface area contributed by atoms with Gasteiger partial charge in [-0.2, -0.15) is 0 Å². The number of nitrogens with zero attached hydrogens (tertiary/aromatic N) is 2. The minimum atomic E-state index is -0.158. The molecule has 0 aliphatic rings. The molecule has 0 unspecified atom stereocenters. The van der Waals surface area contributed by atoms with E-state index in [0.717, 1.165) is 6.29 Å². The van der Waals surface area contributed by atoms with Crippen molar-refractivity contribution >= 4 is 24.0 Å². The summed E-state index contributed by atoms with van der Waals surface area (Å²) in [6.45, 7) is 6.04. The van der Waals surface area contributed by atoms with Crippen LogP contribution < -0.4 is 44.6 Å². The normalized spacial score (nSPS) is 10.5. The van der Waals surface area contributed by atoms with Crippen LogP contribution in [-0.2, 0) is 19.2 Å². The van der Waals surface area contributed by atoms with Crippen molar-refractivity contribution in [1.82, 2.24) is 25.8 Å². The summed E-state index contributed by atoms with van der Waals surface area (Å²) in [5.74, 6) is -0.348. The van der Waals surface area contributed by atoms with Crippen molar-refractivity contribution < 1.29 is 19.2 Å². The third kappa shape index (κ3) is 24.7. The molecule has 3 amide bonds. The summed E-state index contributed by atoms with van der Waals surface area (Å²) < 4.78 is 0. The van der Waals surface area contributed by atoms with Crippen molar-refractivity contribution in [2.24, 2.45) is 28.7 Å². The van der Waals surface area contributed by atoms with Crippen molar-refractivity contribution in [2.45, 2.75) is 25.7 Å². The first kappa shape index (κ1) is 35.0. The molecular formula is C21H48N10O4. The lowest BCUT2D eigenvalue weighted by Gasteiger charge is -2.27. The average Bonchev–Trinajstić information content (AvgIpc) is 2.86. The highest BCUT2D eigenvalue weighted by molar-refractivity contribution is 5.77. The fourth-order valence-corrected chi connectivity index (χ4v) is 2.77. The lowest BCUT2D eigenvalue weighted by atomic mass is 10.2. The Bertz CT molecular complexity index is 552. The summed E-state index contributed by atoms with van der Waals surface area (Å²) in [7, 11) is 0. The Balaban J connectivity index is 0. The second-order valence-electron chi connectivity index (χ2n) is 7.55. The van der Waals surface area contributed by atoms with Crippen LogP contribution in [0.5, 0.6) is 0 Å². The van der Waals surface area contributed by atoms with Crippen LogP contribution in [0.4, 0.5) is 0 Å². The molecule has 0 fully saturated rings. The zero-order valence-electron chi connectivity index (χ0n) is 21.0. The summed E-state index contributed by atoms with van der Waals surface area (Å²) in [5, 5.41) is 8.00. The fraction of sp³-hybridized carbons (Fsp3) is 0.810. The molecule has 0 spiro atoms. The third-order valence-electron chi connectivity index (χ3n) is 4.66. The van der Waals surface area contributed by atoms with Gasteiger partial charge in [0.2, 0.25) is 17.7 Å². The van der Waals surface area contributed by atoms with Crippen LogP contribution in [-0.4, -0.2) is 119 Å². The molecule has 0 bridgehead atoms. The SMILES string of the molecule is NCCN.NCCNC(=O)CCN(CCC=O)CCN(CCC(=O)NCN)CCC(=O)NCCN. The number of carbonyl (C=O) groups is 4. The molecule has 14 heteroatoms. The Kier molecular flexibility index (Phi) is 26.4. The second kappa shape index (κ2) is 26.4. The summed E-state index contributed by atoms with van der Waals surface area (Å²) in [6, 6.07) is 0. The van der Waals surface area contributed by atoms with Crippen molar-refractivity contribution in [3.05, 3.63) is 0 Å². The summed E-state index contributed by atoms with van der Waals surface area (Å²) >= 11 is 0. The fourth-order valence-electron chi connectivity index (χ4n) is 2.77. The quantitative estimate of drug-likeness (QED) is 0.0546. The molecule has 206 valence electrons. The molecule has 13 N–H and O–H groups in total. The topological polar surface area (TPSA) is 241 Å². The van der Waals surface area contributed by atoms with E-state index in [4.69, 9.17) is 28.7 Å². The highest BCUT2D eigenvalue weighted by Gasteiger charge is 2.14. The van der Waals surface area contributed by atoms with Gasteiger partial charge in [0.1, 0.15) is 6.29 Å². The van der Waals surface area contributed by atoms with Crippen LogP contribution in [0.2, 0.25) is 0 Å². The number of nitrogens with one attached hydrogen (secondary N) is 3. The number of amides is 3. The van der Waals surface area contributed by atoms with Gasteiger partial charge in [-0.1, -0.05) is 0 Å². The van der Waals surface area contributed by atoms with Crippen molar-refractivity contribution in [2.75, 3.05) is 85.2 Å². The molecule has 0 radical (unpaired) electrons. The van der Waals surface area contributed by atoms with Crippen LogP contribution in [0.25, 0.3) is 0 Å². The molecule has 0 saturated carbocycles. The van der Waals surface area contributed by atoms with Crippen LogP contribution in [0, 0.1) is 0 Å². The zero-order chi connectivity index (χ0) is 26.7. The minimum Gasteiger partial charge on any atom is -0.355 e. The predicted molar refractivity (Wildman–Crippen MR) is 137 cm³/mol. The summed E-state index contributed by atoms with van der Waals surface area (Å²) in [5.41, 5.74) is 25.9. The maximum Gasteiger partial charge on any atom is 0.222 e. The van der Waals surface area contributed by atoms with E-state index < -0.39 is 0 Å². The molecular weight excluding hydrogens is 456 g/mol. The first-order valence-electron chi connectivity index (χ1n) is 12.1. The Hall–Kier alpha value is -2.20. The highest BCUT2D eigenvalue weighted by Crippen LogP contribution is 2.00. The molecule has 0 aromatic heterocycles. The predicted octanol–water partition coefficient (Wildman–Crippen LogP) is -4.56. The van der Waals surface area contributed by atoms with E-state index in [-0.39, 0.29) is 37.2 Å². The maximum absolute atomic E-state index is 11.9. The molecule has 0 aliphatic carbocycles. The van der Waals surface area contributed by atoms with E-state index in [1.807, 2.05) is 9.80 Å². The van der Waals surface area contributed by atoms with Crippen LogP contribution in [0.3, 0.4) is 0 Å². The van der Waals surface area contributed by atoms with E-state index in [9.17, 15) is 19.2 Å². The molecule has 0 saturated heterocycles. The van der Waals surface area contributed by atoms with Gasteiger partial charge in [-0.05, 0) is 0 Å². The smallest absolute Gasteiger partial charge is 0.222 e. The lowest BCUT2D eigenvalue weighted by molar-refractivity contribution is -0.122. The maximum atomic E-state index is 11.9. The van der Waals surface area contributed by atoms with E-state index >= 15 is 0 Å². The van der Waals surface area contributed by atoms with Gasteiger partial charge in [-0.15, -0.1) is 0 Å². The van der Waals surface area contributed by atoms with E-state index in [1.165, 1.54) is 0 Å². The number of carbonyl (C=O) groups excluding carboxylic acids is 4. The number of nitrogens with two attached hydrogens (primary N) is 5. The number of hydrogen-bond acceptors (Lipinski definition) is 11. The van der Waals surface area contributed by atoms with Crippen LogP contribution in [0.15, 0.2) is 0 Å². The minimum absolute atomic E-state index is 0.0754. The molecule has 35 heavy (non-hydrogen) atoms. The molecule has 0 aliphatic heterocycles. The number of hydrogen-bond donors (Lipinski definition) is 8. The second-order valence-corrected chi connectivity index (χ2v) is 7.55. The summed E-state index contributed by atoms with van der Waals surface area (Å²) in [4.78, 5) is 50.3. The first-order valence-corrected chi connectivity index (χ1v) is 12.1. The monoisotopic (exact) mass is 504 g/mol. The number of aldehydes is 1. The third-order valence-corrected chi connectivity index (χ3v) is 4.66. The van der Waals surface area contributed by atoms with Gasteiger partial charge >= 0.3 is 0 Å². The largest absolute Gasteiger partial charge is 0.355 e. The van der Waals surface area contributed by atoms with E-state index in [2.05, 4.69) is 16.0 Å². The molecule has 0 aromatic carbocycles. The Morgan fingerprint density at radius 2 is 0.971 bits per heavy atom. The average molecular weight is 505 g/mol. The molecule has 0 rings (SSSR count). The van der Waals surface area contributed by atoms with Gasteiger partial charge in [0.25, 0.3) is 0 Å².